The third kappa shape index (κ3) is 3.86. The number of hydrogen-bond donors (Lipinski definition) is 1. The molecule has 1 N–H and O–H groups in total. The van der Waals surface area contributed by atoms with E-state index in [1.165, 1.54) is 16.3 Å². The van der Waals surface area contributed by atoms with E-state index in [1.54, 1.807) is 17.0 Å². The predicted molar refractivity (Wildman–Crippen MR) is 103 cm³/mol. The van der Waals surface area contributed by atoms with Crippen LogP contribution in [0.2, 0.25) is 0 Å². The summed E-state index contributed by atoms with van der Waals surface area (Å²) in [6.07, 6.45) is 1.84. The zero-order chi connectivity index (χ0) is 17.8. The molecule has 4 rings (SSSR count). The van der Waals surface area contributed by atoms with Crippen molar-refractivity contribution in [3.8, 4) is 5.75 Å². The summed E-state index contributed by atoms with van der Waals surface area (Å²) >= 11 is 0. The van der Waals surface area contributed by atoms with Gasteiger partial charge in [0.25, 0.3) is 0 Å². The topological polar surface area (TPSA) is 43.1 Å². The largest absolute Gasteiger partial charge is 0.872 e. The molecule has 3 aromatic carbocycles. The number of piperazine rings is 1. The van der Waals surface area contributed by atoms with E-state index < -0.39 is 0 Å². The first-order chi connectivity index (χ1) is 12.8. The molecule has 3 aromatic rings. The second-order valence-electron chi connectivity index (χ2n) is 6.83. The Hall–Kier alpha value is -2.85. The molecule has 1 saturated heterocycles. The number of nitrogens with one attached hydrogen (secondary N) is 1. The zero-order valence-electron chi connectivity index (χ0n) is 14.8. The number of quaternary nitrogens is 1. The fourth-order valence-corrected chi connectivity index (χ4v) is 3.52. The fraction of sp³-hybridized carbons (Fsp3) is 0.227. The average Bonchev–Trinajstić information content (AvgIpc) is 2.69. The number of rotatable bonds is 4. The molecule has 0 aliphatic carbocycles. The van der Waals surface area contributed by atoms with Crippen molar-refractivity contribution in [1.82, 2.24) is 5.01 Å². The number of hydrazone groups is 1. The first-order valence-corrected chi connectivity index (χ1v) is 9.14. The van der Waals surface area contributed by atoms with Crippen molar-refractivity contribution in [2.75, 3.05) is 26.2 Å². The monoisotopic (exact) mass is 345 g/mol. The molecule has 0 atom stereocenters. The lowest BCUT2D eigenvalue weighted by atomic mass is 10.0. The highest BCUT2D eigenvalue weighted by Gasteiger charge is 2.19. The van der Waals surface area contributed by atoms with Gasteiger partial charge in [-0.15, -0.1) is 5.75 Å². The standard InChI is InChI=1S/C22H23N3O/c26-21-10-8-18(9-11-21)16-23-25-14-12-24(13-15-25)17-20-6-3-5-19-4-1-2-7-22(19)20/h1-11,16,26H,12-15,17H2/b23-16+. The fourth-order valence-electron chi connectivity index (χ4n) is 3.52. The van der Waals surface area contributed by atoms with Gasteiger partial charge in [-0.25, -0.2) is 0 Å². The lowest BCUT2D eigenvalue weighted by Gasteiger charge is -2.30. The number of hydrogen-bond acceptors (Lipinski definition) is 3. The van der Waals surface area contributed by atoms with Crippen molar-refractivity contribution < 1.29 is 10.0 Å². The van der Waals surface area contributed by atoms with Gasteiger partial charge in [0, 0.05) is 5.56 Å². The molecule has 26 heavy (non-hydrogen) atoms. The summed E-state index contributed by atoms with van der Waals surface area (Å²) in [7, 11) is 0. The van der Waals surface area contributed by atoms with Gasteiger partial charge in [-0.1, -0.05) is 66.7 Å². The van der Waals surface area contributed by atoms with Crippen LogP contribution in [-0.2, 0) is 6.54 Å². The van der Waals surface area contributed by atoms with Crippen LogP contribution in [0, 0.1) is 0 Å². The lowest BCUT2D eigenvalue weighted by molar-refractivity contribution is -0.918. The van der Waals surface area contributed by atoms with Crippen molar-refractivity contribution >= 4 is 17.0 Å². The lowest BCUT2D eigenvalue weighted by Crippen LogP contribution is -3.13. The smallest absolute Gasteiger partial charge is 0.104 e. The third-order valence-electron chi connectivity index (χ3n) is 5.02. The van der Waals surface area contributed by atoms with Crippen LogP contribution in [0.25, 0.3) is 10.8 Å². The molecule has 1 fully saturated rings. The molecular formula is C22H23N3O. The van der Waals surface area contributed by atoms with Crippen LogP contribution in [0.1, 0.15) is 11.1 Å². The molecule has 0 spiro atoms. The predicted octanol–water partition coefficient (Wildman–Crippen LogP) is 1.65. The van der Waals surface area contributed by atoms with Crippen LogP contribution in [-0.4, -0.2) is 37.4 Å². The molecule has 0 radical (unpaired) electrons. The van der Waals surface area contributed by atoms with Gasteiger partial charge in [0.05, 0.1) is 32.4 Å². The minimum atomic E-state index is 0.0350. The van der Waals surface area contributed by atoms with E-state index in [9.17, 15) is 5.11 Å². The highest BCUT2D eigenvalue weighted by Crippen LogP contribution is 2.17. The van der Waals surface area contributed by atoms with Crippen molar-refractivity contribution in [2.24, 2.45) is 5.10 Å². The molecule has 0 aromatic heterocycles. The van der Waals surface area contributed by atoms with Crippen LogP contribution in [0.3, 0.4) is 0 Å². The SMILES string of the molecule is [O-]c1ccc(/C=N/N2CC[NH+](Cc3cccc4ccccc34)CC2)cc1. The van der Waals surface area contributed by atoms with Gasteiger partial charge in [0.1, 0.15) is 6.54 Å². The third-order valence-corrected chi connectivity index (χ3v) is 5.02. The maximum Gasteiger partial charge on any atom is 0.104 e. The van der Waals surface area contributed by atoms with Crippen molar-refractivity contribution in [3.05, 3.63) is 77.9 Å². The highest BCUT2D eigenvalue weighted by atomic mass is 16.3. The van der Waals surface area contributed by atoms with Crippen LogP contribution in [0.15, 0.2) is 71.8 Å². The van der Waals surface area contributed by atoms with Crippen LogP contribution in [0.4, 0.5) is 0 Å². The van der Waals surface area contributed by atoms with E-state index in [0.29, 0.717) is 0 Å². The minimum absolute atomic E-state index is 0.0350. The van der Waals surface area contributed by atoms with E-state index in [1.807, 2.05) is 18.3 Å². The number of fused-ring (bicyclic) bond motifs is 1. The van der Waals surface area contributed by atoms with E-state index in [4.69, 9.17) is 0 Å². The van der Waals surface area contributed by atoms with Gasteiger partial charge in [-0.05, 0) is 16.3 Å². The first-order valence-electron chi connectivity index (χ1n) is 9.14. The van der Waals surface area contributed by atoms with E-state index in [2.05, 4.69) is 52.6 Å². The molecule has 1 aliphatic rings. The molecule has 0 bridgehead atoms. The van der Waals surface area contributed by atoms with Gasteiger partial charge in [-0.3, -0.25) is 5.01 Å². The molecule has 0 saturated carbocycles. The van der Waals surface area contributed by atoms with Crippen molar-refractivity contribution in [1.29, 1.82) is 0 Å². The minimum Gasteiger partial charge on any atom is -0.872 e. The number of nitrogens with zero attached hydrogens (tertiary/aromatic N) is 2. The summed E-state index contributed by atoms with van der Waals surface area (Å²) in [5, 5.41) is 20.5. The second-order valence-corrected chi connectivity index (χ2v) is 6.83. The summed E-state index contributed by atoms with van der Waals surface area (Å²) in [5.41, 5.74) is 2.39. The van der Waals surface area contributed by atoms with E-state index in [-0.39, 0.29) is 5.75 Å². The highest BCUT2D eigenvalue weighted by molar-refractivity contribution is 5.85. The zero-order valence-corrected chi connectivity index (χ0v) is 14.8. The van der Waals surface area contributed by atoms with Gasteiger partial charge < -0.3 is 10.0 Å². The average molecular weight is 345 g/mol. The molecular weight excluding hydrogens is 322 g/mol. The maximum absolute atomic E-state index is 11.1. The Morgan fingerprint density at radius 3 is 2.46 bits per heavy atom. The Morgan fingerprint density at radius 1 is 0.923 bits per heavy atom. The second kappa shape index (κ2) is 7.58. The summed E-state index contributed by atoms with van der Waals surface area (Å²) in [6.45, 7) is 5.14. The van der Waals surface area contributed by atoms with Crippen LogP contribution >= 0.6 is 0 Å². The van der Waals surface area contributed by atoms with Gasteiger partial charge >= 0.3 is 0 Å². The summed E-state index contributed by atoms with van der Waals surface area (Å²) < 4.78 is 0. The Labute approximate surface area is 154 Å². The van der Waals surface area contributed by atoms with E-state index in [0.717, 1.165) is 38.3 Å². The summed E-state index contributed by atoms with van der Waals surface area (Å²) in [6, 6.07) is 22.0. The Morgan fingerprint density at radius 2 is 1.65 bits per heavy atom. The van der Waals surface area contributed by atoms with Crippen LogP contribution < -0.4 is 10.0 Å². The maximum atomic E-state index is 11.1. The first kappa shape index (κ1) is 16.6. The van der Waals surface area contributed by atoms with Gasteiger partial charge in [0.15, 0.2) is 0 Å². The Balaban J connectivity index is 1.35. The molecule has 1 heterocycles. The van der Waals surface area contributed by atoms with Crippen molar-refractivity contribution in [2.45, 2.75) is 6.54 Å². The van der Waals surface area contributed by atoms with Gasteiger partial charge in [-0.2, -0.15) is 5.10 Å². The molecule has 0 unspecified atom stereocenters. The van der Waals surface area contributed by atoms with Crippen molar-refractivity contribution in [3.63, 3.8) is 0 Å². The van der Waals surface area contributed by atoms with E-state index >= 15 is 0 Å². The van der Waals surface area contributed by atoms with Crippen LogP contribution in [0.5, 0.6) is 5.75 Å². The van der Waals surface area contributed by atoms with Gasteiger partial charge in [0.2, 0.25) is 0 Å². The Bertz CT molecular complexity index is 891. The molecule has 4 nitrogen and oxygen atoms in total. The summed E-state index contributed by atoms with van der Waals surface area (Å²) in [4.78, 5) is 1.60. The normalized spacial score (nSPS) is 15.8. The number of benzene rings is 3. The Kier molecular flexibility index (Phi) is 4.84. The molecule has 132 valence electrons. The summed E-state index contributed by atoms with van der Waals surface area (Å²) in [5.74, 6) is 0.0350. The molecule has 1 aliphatic heterocycles. The quantitative estimate of drug-likeness (QED) is 0.731. The molecule has 0 amide bonds. The molecule has 4 heteroatoms.